The predicted molar refractivity (Wildman–Crippen MR) is 71.3 cm³/mol. The molecule has 0 bridgehead atoms. The second-order valence-electron chi connectivity index (χ2n) is 3.96. The van der Waals surface area contributed by atoms with Crippen molar-refractivity contribution in [2.45, 2.75) is 0 Å². The third-order valence-electron chi connectivity index (χ3n) is 2.61. The van der Waals surface area contributed by atoms with Crippen molar-refractivity contribution in [3.05, 3.63) is 71.7 Å². The second kappa shape index (κ2) is 4.86. The summed E-state index contributed by atoms with van der Waals surface area (Å²) < 4.78 is 5.11. The fourth-order valence-electron chi connectivity index (χ4n) is 1.72. The molecule has 19 heavy (non-hydrogen) atoms. The van der Waals surface area contributed by atoms with E-state index in [1.807, 2.05) is 36.4 Å². The predicted octanol–water partition coefficient (Wildman–Crippen LogP) is 2.43. The molecule has 4 nitrogen and oxygen atoms in total. The molecule has 92 valence electrons. The summed E-state index contributed by atoms with van der Waals surface area (Å²) in [4.78, 5) is 20.0. The van der Waals surface area contributed by atoms with Gasteiger partial charge in [0.2, 0.25) is 5.90 Å². The summed E-state index contributed by atoms with van der Waals surface area (Å²) in [5.74, 6) is -0.211. The second-order valence-corrected chi connectivity index (χ2v) is 3.96. The Balaban J connectivity index is 1.94. The number of hydrogen-bond donors (Lipinski definition) is 0. The number of nitrogens with zero attached hydrogens (tertiary/aromatic N) is 2. The van der Waals surface area contributed by atoms with Crippen LogP contribution in [0.4, 0.5) is 0 Å². The van der Waals surface area contributed by atoms with E-state index in [-0.39, 0.29) is 11.6 Å². The van der Waals surface area contributed by atoms with E-state index in [1.54, 1.807) is 24.4 Å². The van der Waals surface area contributed by atoms with Crippen LogP contribution in [0.2, 0.25) is 0 Å². The molecule has 0 radical (unpaired) electrons. The van der Waals surface area contributed by atoms with Crippen molar-refractivity contribution in [1.82, 2.24) is 4.98 Å². The number of pyridine rings is 1. The summed E-state index contributed by atoms with van der Waals surface area (Å²) in [7, 11) is 0. The van der Waals surface area contributed by atoms with Gasteiger partial charge in [-0.25, -0.2) is 9.79 Å². The normalized spacial score (nSPS) is 16.3. The Hall–Kier alpha value is -2.75. The lowest BCUT2D eigenvalue weighted by Gasteiger charge is -1.96. The smallest absolute Gasteiger partial charge is 0.363 e. The summed E-state index contributed by atoms with van der Waals surface area (Å²) in [6.45, 7) is 0. The van der Waals surface area contributed by atoms with Crippen molar-refractivity contribution in [3.8, 4) is 0 Å². The van der Waals surface area contributed by atoms with E-state index in [4.69, 9.17) is 4.74 Å². The molecule has 0 unspecified atom stereocenters. The Morgan fingerprint density at radius 3 is 2.53 bits per heavy atom. The highest BCUT2D eigenvalue weighted by Crippen LogP contribution is 2.17. The number of aliphatic imine (C=N–C) groups is 1. The van der Waals surface area contributed by atoms with Gasteiger partial charge in [-0.2, -0.15) is 0 Å². The van der Waals surface area contributed by atoms with Gasteiger partial charge in [0, 0.05) is 6.20 Å². The molecule has 0 atom stereocenters. The minimum absolute atomic E-state index is 0.243. The number of benzene rings is 1. The van der Waals surface area contributed by atoms with Crippen LogP contribution in [0.5, 0.6) is 0 Å². The van der Waals surface area contributed by atoms with Crippen molar-refractivity contribution < 1.29 is 9.53 Å². The average molecular weight is 250 g/mol. The molecule has 2 heterocycles. The van der Waals surface area contributed by atoms with E-state index in [1.165, 1.54) is 0 Å². The zero-order valence-electron chi connectivity index (χ0n) is 9.98. The maximum atomic E-state index is 11.7. The van der Waals surface area contributed by atoms with E-state index in [0.717, 1.165) is 5.56 Å². The van der Waals surface area contributed by atoms with Crippen LogP contribution in [0.25, 0.3) is 6.08 Å². The molecular formula is C15H10N2O2. The molecule has 0 saturated carbocycles. The maximum Gasteiger partial charge on any atom is 0.363 e. The molecule has 1 aromatic heterocycles. The van der Waals surface area contributed by atoms with E-state index in [9.17, 15) is 4.79 Å². The van der Waals surface area contributed by atoms with E-state index in [0.29, 0.717) is 5.69 Å². The molecule has 1 aliphatic heterocycles. The average Bonchev–Trinajstić information content (AvgIpc) is 2.82. The largest absolute Gasteiger partial charge is 0.400 e. The van der Waals surface area contributed by atoms with Crippen LogP contribution in [0.1, 0.15) is 11.3 Å². The Morgan fingerprint density at radius 2 is 1.79 bits per heavy atom. The molecule has 0 amide bonds. The number of carbonyl (C=O) groups is 1. The summed E-state index contributed by atoms with van der Waals surface area (Å²) in [6, 6.07) is 14.9. The maximum absolute atomic E-state index is 11.7. The van der Waals surface area contributed by atoms with Crippen LogP contribution in [-0.4, -0.2) is 16.9 Å². The lowest BCUT2D eigenvalue weighted by Crippen LogP contribution is -2.06. The van der Waals surface area contributed by atoms with Gasteiger partial charge in [-0.05, 0) is 23.8 Å². The molecule has 0 N–H and O–H groups in total. The van der Waals surface area contributed by atoms with Crippen LogP contribution in [0.15, 0.2) is 65.4 Å². The summed E-state index contributed by atoms with van der Waals surface area (Å²) in [6.07, 6.45) is 3.32. The van der Waals surface area contributed by atoms with Gasteiger partial charge in [-0.3, -0.25) is 4.98 Å². The number of esters is 1. The minimum Gasteiger partial charge on any atom is -0.400 e. The highest BCUT2D eigenvalue weighted by Gasteiger charge is 2.24. The van der Waals surface area contributed by atoms with E-state index < -0.39 is 5.97 Å². The van der Waals surface area contributed by atoms with Crippen LogP contribution in [0, 0.1) is 0 Å². The van der Waals surface area contributed by atoms with Crippen LogP contribution in [0.3, 0.4) is 0 Å². The Bertz CT molecular complexity index is 661. The summed E-state index contributed by atoms with van der Waals surface area (Å²) >= 11 is 0. The third kappa shape index (κ3) is 2.42. The Morgan fingerprint density at radius 1 is 1.00 bits per heavy atom. The van der Waals surface area contributed by atoms with Crippen molar-refractivity contribution in [2.75, 3.05) is 0 Å². The van der Waals surface area contributed by atoms with Gasteiger partial charge < -0.3 is 4.74 Å². The molecule has 0 fully saturated rings. The van der Waals surface area contributed by atoms with Gasteiger partial charge in [0.25, 0.3) is 0 Å². The van der Waals surface area contributed by atoms with Crippen LogP contribution in [-0.2, 0) is 9.53 Å². The number of ether oxygens (including phenoxy) is 1. The third-order valence-corrected chi connectivity index (χ3v) is 2.61. The first-order valence-corrected chi connectivity index (χ1v) is 5.82. The Labute approximate surface area is 110 Å². The lowest BCUT2D eigenvalue weighted by molar-refractivity contribution is -0.129. The Kier molecular flexibility index (Phi) is 2.90. The zero-order chi connectivity index (χ0) is 13.1. The van der Waals surface area contributed by atoms with Crippen molar-refractivity contribution >= 4 is 17.9 Å². The minimum atomic E-state index is -0.454. The highest BCUT2D eigenvalue weighted by atomic mass is 16.6. The van der Waals surface area contributed by atoms with Gasteiger partial charge in [0.1, 0.15) is 5.69 Å². The van der Waals surface area contributed by atoms with Crippen molar-refractivity contribution in [3.63, 3.8) is 0 Å². The monoisotopic (exact) mass is 250 g/mol. The first-order chi connectivity index (χ1) is 9.33. The molecular weight excluding hydrogens is 240 g/mol. The number of carbonyl (C=O) groups excluding carboxylic acids is 1. The highest BCUT2D eigenvalue weighted by molar-refractivity contribution is 6.12. The number of rotatable bonds is 2. The first-order valence-electron chi connectivity index (χ1n) is 5.82. The van der Waals surface area contributed by atoms with Gasteiger partial charge >= 0.3 is 5.97 Å². The molecule has 3 rings (SSSR count). The number of cyclic esters (lactones) is 1. The van der Waals surface area contributed by atoms with Crippen LogP contribution < -0.4 is 0 Å². The molecule has 2 aromatic rings. The number of aromatic nitrogens is 1. The van der Waals surface area contributed by atoms with Gasteiger partial charge in [-0.1, -0.05) is 36.4 Å². The lowest BCUT2D eigenvalue weighted by atomic mass is 10.2. The van der Waals surface area contributed by atoms with E-state index in [2.05, 4.69) is 9.98 Å². The van der Waals surface area contributed by atoms with Gasteiger partial charge in [0.05, 0.1) is 0 Å². The van der Waals surface area contributed by atoms with E-state index >= 15 is 0 Å². The molecule has 0 saturated heterocycles. The van der Waals surface area contributed by atoms with Crippen molar-refractivity contribution in [1.29, 1.82) is 0 Å². The fraction of sp³-hybridized carbons (Fsp3) is 0. The summed E-state index contributed by atoms with van der Waals surface area (Å²) in [5.41, 5.74) is 1.74. The van der Waals surface area contributed by atoms with Gasteiger partial charge in [-0.15, -0.1) is 0 Å². The quantitative estimate of drug-likeness (QED) is 0.607. The topological polar surface area (TPSA) is 51.5 Å². The molecule has 1 aliphatic rings. The van der Waals surface area contributed by atoms with Gasteiger partial charge in [0.15, 0.2) is 5.70 Å². The van der Waals surface area contributed by atoms with Crippen molar-refractivity contribution in [2.24, 2.45) is 4.99 Å². The molecule has 4 heteroatoms. The summed E-state index contributed by atoms with van der Waals surface area (Å²) in [5, 5.41) is 0. The molecule has 0 spiro atoms. The standard InChI is InChI=1S/C15H10N2O2/c18-15-13(10-11-6-2-1-3-7-11)17-14(19-15)12-8-4-5-9-16-12/h1-10H/b13-10+. The number of hydrogen-bond acceptors (Lipinski definition) is 4. The zero-order valence-corrected chi connectivity index (χ0v) is 9.98. The SMILES string of the molecule is O=C1OC(c2ccccn2)=N/C1=C/c1ccccc1. The first kappa shape index (κ1) is 11.3. The van der Waals surface area contributed by atoms with Crippen LogP contribution >= 0.6 is 0 Å². The fourth-order valence-corrected chi connectivity index (χ4v) is 1.72. The molecule has 0 aliphatic carbocycles. The molecule has 1 aromatic carbocycles.